The molecule has 2 atom stereocenters. The average Bonchev–Trinajstić information content (AvgIpc) is 2.89. The Kier molecular flexibility index (Phi) is 12.0. The highest BCUT2D eigenvalue weighted by atomic mass is 28.4. The van der Waals surface area contributed by atoms with Gasteiger partial charge in [-0.05, 0) is 70.7 Å². The van der Waals surface area contributed by atoms with Gasteiger partial charge in [0.1, 0.15) is 11.7 Å². The van der Waals surface area contributed by atoms with Gasteiger partial charge in [-0.15, -0.1) is 0 Å². The smallest absolute Gasteiger partial charge is 0.453 e. The van der Waals surface area contributed by atoms with E-state index in [1.54, 1.807) is 45.1 Å². The van der Waals surface area contributed by atoms with Crippen LogP contribution in [0.3, 0.4) is 0 Å². The largest absolute Gasteiger partial charge is 0.514 e. The number of amides is 1. The molecule has 0 aromatic heterocycles. The van der Waals surface area contributed by atoms with Gasteiger partial charge in [-0.3, -0.25) is 5.32 Å². The van der Waals surface area contributed by atoms with E-state index in [-0.39, 0.29) is 18.1 Å². The summed E-state index contributed by atoms with van der Waals surface area (Å²) in [6, 6.07) is 2.38. The number of nitrogens with one attached hydrogen (secondary N) is 1. The minimum absolute atomic E-state index is 0.0595. The van der Waals surface area contributed by atoms with Gasteiger partial charge in [0.2, 0.25) is 0 Å². The van der Waals surface area contributed by atoms with Crippen molar-refractivity contribution in [2.75, 3.05) is 13.7 Å². The minimum atomic E-state index is -2.44. The number of ether oxygens (including phenoxy) is 3. The summed E-state index contributed by atoms with van der Waals surface area (Å²) in [6.07, 6.45) is 3.68. The summed E-state index contributed by atoms with van der Waals surface area (Å²) in [5, 5.41) is 13.0. The lowest BCUT2D eigenvalue weighted by Crippen LogP contribution is -2.50. The van der Waals surface area contributed by atoms with Gasteiger partial charge in [0.15, 0.2) is 28.0 Å². The molecular formula is C31H45NO8Si2. The SMILES string of the molecule is CC[Si](CC)(CC)OC12C#C/C=C\C#C[C@H](O[Si](C)(C)C)C(=C(NC(=O)OC)C(OC(=O)OC(C)(C)C)=C1)/C2=C\CO. The summed E-state index contributed by atoms with van der Waals surface area (Å²) in [6.45, 7) is 17.1. The number of methoxy groups -OCH3 is 1. The minimum Gasteiger partial charge on any atom is -0.453 e. The molecule has 9 nitrogen and oxygen atoms in total. The van der Waals surface area contributed by atoms with Crippen molar-refractivity contribution in [3.8, 4) is 23.7 Å². The van der Waals surface area contributed by atoms with Crippen LogP contribution in [0, 0.1) is 23.7 Å². The van der Waals surface area contributed by atoms with Gasteiger partial charge in [0.05, 0.1) is 19.4 Å². The average molecular weight is 616 g/mol. The van der Waals surface area contributed by atoms with E-state index in [1.807, 2.05) is 19.6 Å². The van der Waals surface area contributed by atoms with Crippen molar-refractivity contribution < 1.29 is 37.8 Å². The Labute approximate surface area is 252 Å². The van der Waals surface area contributed by atoms with Crippen LogP contribution in [-0.4, -0.2) is 65.0 Å². The second-order valence-electron chi connectivity index (χ2n) is 11.9. The van der Waals surface area contributed by atoms with Crippen LogP contribution in [0.4, 0.5) is 9.59 Å². The van der Waals surface area contributed by atoms with E-state index in [9.17, 15) is 14.7 Å². The summed E-state index contributed by atoms with van der Waals surface area (Å²) in [7, 11) is -3.50. The third-order valence-corrected chi connectivity index (χ3v) is 12.2. The van der Waals surface area contributed by atoms with Crippen LogP contribution < -0.4 is 5.32 Å². The van der Waals surface area contributed by atoms with Crippen LogP contribution in [0.25, 0.3) is 0 Å². The molecule has 42 heavy (non-hydrogen) atoms. The molecule has 2 N–H and O–H groups in total. The molecule has 0 heterocycles. The summed E-state index contributed by atoms with van der Waals surface area (Å²) >= 11 is 0. The number of aliphatic hydroxyl groups excluding tert-OH is 1. The van der Waals surface area contributed by atoms with Crippen LogP contribution in [-0.2, 0) is 23.1 Å². The molecule has 1 amide bonds. The molecule has 2 rings (SSSR count). The fraction of sp³-hybridized carbons (Fsp3) is 0.548. The van der Waals surface area contributed by atoms with Crippen LogP contribution in [0.2, 0.25) is 37.8 Å². The van der Waals surface area contributed by atoms with Crippen LogP contribution in [0.15, 0.2) is 46.9 Å². The van der Waals surface area contributed by atoms with Crippen LogP contribution in [0.5, 0.6) is 0 Å². The van der Waals surface area contributed by atoms with Gasteiger partial charge in [-0.1, -0.05) is 50.5 Å². The first-order chi connectivity index (χ1) is 19.6. The lowest BCUT2D eigenvalue weighted by Gasteiger charge is -2.43. The van der Waals surface area contributed by atoms with E-state index in [0.29, 0.717) is 11.1 Å². The fourth-order valence-corrected chi connectivity index (χ4v) is 8.26. The number of hydrogen-bond acceptors (Lipinski definition) is 8. The molecule has 0 radical (unpaired) electrons. The van der Waals surface area contributed by atoms with E-state index in [0.717, 1.165) is 18.1 Å². The predicted molar refractivity (Wildman–Crippen MR) is 167 cm³/mol. The number of alkyl carbamates (subject to hydrolysis) is 1. The zero-order valence-corrected chi connectivity index (χ0v) is 28.5. The molecule has 11 heteroatoms. The number of fused-ring (bicyclic) bond motifs is 2. The van der Waals surface area contributed by atoms with Crippen molar-refractivity contribution >= 4 is 28.9 Å². The lowest BCUT2D eigenvalue weighted by atomic mass is 9.79. The van der Waals surface area contributed by atoms with E-state index in [1.165, 1.54) is 7.11 Å². The molecule has 0 aromatic carbocycles. The first kappa shape index (κ1) is 35.1. The normalized spacial score (nSPS) is 22.1. The number of allylic oxidation sites excluding steroid dienone is 2. The second-order valence-corrected chi connectivity index (χ2v) is 21.0. The van der Waals surface area contributed by atoms with E-state index in [2.05, 4.69) is 49.8 Å². The molecule has 2 bridgehead atoms. The highest BCUT2D eigenvalue weighted by Gasteiger charge is 2.49. The second kappa shape index (κ2) is 14.4. The zero-order valence-electron chi connectivity index (χ0n) is 26.5. The van der Waals surface area contributed by atoms with Gasteiger partial charge in [-0.2, -0.15) is 0 Å². The summed E-state index contributed by atoms with van der Waals surface area (Å²) in [5.41, 5.74) is -1.46. The van der Waals surface area contributed by atoms with Crippen LogP contribution >= 0.6 is 0 Å². The molecular weight excluding hydrogens is 571 g/mol. The summed E-state index contributed by atoms with van der Waals surface area (Å²) < 4.78 is 29.9. The van der Waals surface area contributed by atoms with Gasteiger partial charge in [0, 0.05) is 17.2 Å². The van der Waals surface area contributed by atoms with Crippen molar-refractivity contribution in [1.82, 2.24) is 5.32 Å². The Morgan fingerprint density at radius 3 is 2.24 bits per heavy atom. The van der Waals surface area contributed by atoms with Crippen molar-refractivity contribution in [1.29, 1.82) is 0 Å². The monoisotopic (exact) mass is 615 g/mol. The molecule has 1 unspecified atom stereocenters. The Hall–Kier alpha value is -3.07. The zero-order chi connectivity index (χ0) is 31.8. The number of rotatable bonds is 10. The number of hydrogen-bond donors (Lipinski definition) is 2. The third-order valence-electron chi connectivity index (χ3n) is 6.60. The number of carbonyl (C=O) groups is 2. The van der Waals surface area contributed by atoms with Gasteiger partial charge < -0.3 is 28.2 Å². The summed E-state index contributed by atoms with van der Waals surface area (Å²) in [5.74, 6) is 12.3. The van der Waals surface area contributed by atoms with E-state index >= 15 is 0 Å². The van der Waals surface area contributed by atoms with Crippen molar-refractivity contribution in [2.24, 2.45) is 0 Å². The van der Waals surface area contributed by atoms with Crippen molar-refractivity contribution in [3.63, 3.8) is 0 Å². The molecule has 230 valence electrons. The Morgan fingerprint density at radius 2 is 1.71 bits per heavy atom. The third kappa shape index (κ3) is 9.22. The first-order valence-corrected chi connectivity index (χ1v) is 20.1. The van der Waals surface area contributed by atoms with Crippen LogP contribution in [0.1, 0.15) is 41.5 Å². The molecule has 2 aliphatic carbocycles. The number of aliphatic hydroxyl groups is 1. The Bertz CT molecular complexity index is 1270. The topological polar surface area (TPSA) is 113 Å². The van der Waals surface area contributed by atoms with Crippen molar-refractivity contribution in [3.05, 3.63) is 46.9 Å². The Morgan fingerprint density at radius 1 is 1.10 bits per heavy atom. The van der Waals surface area contributed by atoms with Crippen molar-refractivity contribution in [2.45, 2.75) is 96.6 Å². The molecule has 0 saturated heterocycles. The predicted octanol–water partition coefficient (Wildman–Crippen LogP) is 5.92. The molecule has 0 saturated carbocycles. The van der Waals surface area contributed by atoms with Gasteiger partial charge in [-0.25, -0.2) is 9.59 Å². The maximum atomic E-state index is 13.1. The molecule has 0 spiro atoms. The molecule has 0 aliphatic heterocycles. The Balaban J connectivity index is 3.11. The molecule has 0 aromatic rings. The maximum absolute atomic E-state index is 13.1. The number of carbonyl (C=O) groups excluding carboxylic acids is 2. The quantitative estimate of drug-likeness (QED) is 0.177. The molecule has 0 fully saturated rings. The van der Waals surface area contributed by atoms with E-state index < -0.39 is 46.2 Å². The van der Waals surface area contributed by atoms with Gasteiger partial charge >= 0.3 is 12.2 Å². The summed E-state index contributed by atoms with van der Waals surface area (Å²) in [4.78, 5) is 25.8. The standard InChI is InChI=1S/C31H45NO8Si2/c1-11-42(12-2,13-3)40-31-20-17-15-14-16-18-24(39-41(8,9)10)26(23(31)19-21-33)27(32-28(34)36-7)25(22-31)37-29(35)38-30(4,5)6/h14-15,19,22,24,33H,11-13,21H2,1-10H3,(H,32,34)/b15-14-,23-19+/t24-,31?/m0/s1. The molecule has 2 aliphatic rings. The maximum Gasteiger partial charge on any atom is 0.514 e. The van der Waals surface area contributed by atoms with E-state index in [4.69, 9.17) is 23.1 Å². The highest BCUT2D eigenvalue weighted by Crippen LogP contribution is 2.44. The highest BCUT2D eigenvalue weighted by molar-refractivity contribution is 6.73. The fourth-order valence-electron chi connectivity index (χ4n) is 4.54. The lowest BCUT2D eigenvalue weighted by molar-refractivity contribution is 0.00609. The first-order valence-electron chi connectivity index (χ1n) is 14.2. The van der Waals surface area contributed by atoms with Gasteiger partial charge in [0.25, 0.3) is 0 Å².